The van der Waals surface area contributed by atoms with Crippen molar-refractivity contribution in [1.82, 2.24) is 4.90 Å². The van der Waals surface area contributed by atoms with E-state index in [2.05, 4.69) is 4.72 Å². The number of carbonyl (C=O) groups excluding carboxylic acids is 1. The largest absolute Gasteiger partial charge is 0.446 e. The van der Waals surface area contributed by atoms with Crippen LogP contribution in [-0.4, -0.2) is 50.9 Å². The molecule has 22 heavy (non-hydrogen) atoms. The van der Waals surface area contributed by atoms with Gasteiger partial charge in [-0.05, 0) is 25.0 Å². The molecule has 0 radical (unpaired) electrons. The predicted octanol–water partition coefficient (Wildman–Crippen LogP) is 0.988. The van der Waals surface area contributed by atoms with Crippen molar-refractivity contribution in [2.24, 2.45) is 5.73 Å². The number of sulfonamides is 1. The molecular formula is C14H21N3O4S. The molecule has 2 rings (SSSR count). The first-order valence-electron chi connectivity index (χ1n) is 7.18. The number of ether oxygens (including phenoxy) is 1. The molecule has 1 heterocycles. The van der Waals surface area contributed by atoms with Gasteiger partial charge < -0.3 is 15.4 Å². The second-order valence-electron chi connectivity index (χ2n) is 5.26. The summed E-state index contributed by atoms with van der Waals surface area (Å²) in [6.07, 6.45) is 0.436. The summed E-state index contributed by atoms with van der Waals surface area (Å²) in [6, 6.07) is 8.81. The number of hydrogen-bond donors (Lipinski definition) is 2. The fourth-order valence-corrected chi connectivity index (χ4v) is 3.50. The topological polar surface area (TPSA) is 102 Å². The van der Waals surface area contributed by atoms with Gasteiger partial charge in [0.1, 0.15) is 6.10 Å². The summed E-state index contributed by atoms with van der Waals surface area (Å²) in [5, 5.41) is 0. The SMILES string of the molecule is NC(=O)OC1CCN(CCS(=O)(=O)Nc2ccccc2)CC1. The molecule has 0 saturated carbocycles. The van der Waals surface area contributed by atoms with E-state index in [0.717, 1.165) is 0 Å². The summed E-state index contributed by atoms with van der Waals surface area (Å²) in [6.45, 7) is 1.84. The summed E-state index contributed by atoms with van der Waals surface area (Å²) < 4.78 is 31.6. The maximum Gasteiger partial charge on any atom is 0.404 e. The van der Waals surface area contributed by atoms with Gasteiger partial charge in [0.15, 0.2) is 0 Å². The number of para-hydroxylation sites is 1. The third-order valence-corrected chi connectivity index (χ3v) is 4.81. The Hall–Kier alpha value is -1.80. The summed E-state index contributed by atoms with van der Waals surface area (Å²) in [4.78, 5) is 12.7. The average Bonchev–Trinajstić information content (AvgIpc) is 2.47. The number of likely N-dealkylation sites (tertiary alicyclic amines) is 1. The minimum Gasteiger partial charge on any atom is -0.446 e. The number of nitrogens with two attached hydrogens (primary N) is 1. The molecule has 0 aliphatic carbocycles. The lowest BCUT2D eigenvalue weighted by molar-refractivity contribution is 0.0581. The van der Waals surface area contributed by atoms with Gasteiger partial charge in [-0.25, -0.2) is 13.2 Å². The van der Waals surface area contributed by atoms with E-state index in [-0.39, 0.29) is 11.9 Å². The second kappa shape index (κ2) is 7.46. The Kier molecular flexibility index (Phi) is 5.62. The minimum atomic E-state index is -3.36. The quantitative estimate of drug-likeness (QED) is 0.811. The number of piperidine rings is 1. The monoisotopic (exact) mass is 327 g/mol. The molecule has 0 spiro atoms. The van der Waals surface area contributed by atoms with Gasteiger partial charge in [-0.15, -0.1) is 0 Å². The first kappa shape index (κ1) is 16.6. The van der Waals surface area contributed by atoms with Crippen molar-refractivity contribution in [3.8, 4) is 0 Å². The lowest BCUT2D eigenvalue weighted by Gasteiger charge is -2.31. The molecule has 1 aliphatic heterocycles. The van der Waals surface area contributed by atoms with Gasteiger partial charge in [0, 0.05) is 25.3 Å². The van der Waals surface area contributed by atoms with Crippen LogP contribution in [0.5, 0.6) is 0 Å². The van der Waals surface area contributed by atoms with E-state index in [9.17, 15) is 13.2 Å². The van der Waals surface area contributed by atoms with Gasteiger partial charge in [-0.2, -0.15) is 0 Å². The molecule has 8 heteroatoms. The van der Waals surface area contributed by atoms with Crippen LogP contribution in [0.2, 0.25) is 0 Å². The van der Waals surface area contributed by atoms with Crippen molar-refractivity contribution in [2.45, 2.75) is 18.9 Å². The molecule has 0 unspecified atom stereocenters. The van der Waals surface area contributed by atoms with Gasteiger partial charge in [-0.3, -0.25) is 4.72 Å². The Morgan fingerprint density at radius 1 is 1.27 bits per heavy atom. The molecule has 0 aromatic heterocycles. The van der Waals surface area contributed by atoms with Crippen LogP contribution < -0.4 is 10.5 Å². The van der Waals surface area contributed by atoms with Crippen molar-refractivity contribution in [3.63, 3.8) is 0 Å². The van der Waals surface area contributed by atoms with Crippen LogP contribution in [0.1, 0.15) is 12.8 Å². The Morgan fingerprint density at radius 2 is 1.91 bits per heavy atom. The number of hydrogen-bond acceptors (Lipinski definition) is 5. The molecule has 7 nitrogen and oxygen atoms in total. The smallest absolute Gasteiger partial charge is 0.404 e. The lowest BCUT2D eigenvalue weighted by atomic mass is 10.1. The summed E-state index contributed by atoms with van der Waals surface area (Å²) in [7, 11) is -3.36. The Balaban J connectivity index is 1.75. The molecule has 1 aliphatic rings. The molecule has 3 N–H and O–H groups in total. The first-order valence-corrected chi connectivity index (χ1v) is 8.84. The lowest BCUT2D eigenvalue weighted by Crippen LogP contribution is -2.41. The molecule has 122 valence electrons. The number of nitrogens with zero attached hydrogens (tertiary/aromatic N) is 1. The van der Waals surface area contributed by atoms with E-state index in [1.165, 1.54) is 0 Å². The van der Waals surface area contributed by atoms with Crippen LogP contribution in [0.25, 0.3) is 0 Å². The van der Waals surface area contributed by atoms with E-state index in [0.29, 0.717) is 38.2 Å². The van der Waals surface area contributed by atoms with E-state index < -0.39 is 16.1 Å². The van der Waals surface area contributed by atoms with Gasteiger partial charge in [0.2, 0.25) is 10.0 Å². The van der Waals surface area contributed by atoms with Gasteiger partial charge in [0.05, 0.1) is 5.75 Å². The zero-order valence-electron chi connectivity index (χ0n) is 12.3. The summed E-state index contributed by atoms with van der Waals surface area (Å²) >= 11 is 0. The van der Waals surface area contributed by atoms with Crippen molar-refractivity contribution < 1.29 is 17.9 Å². The highest BCUT2D eigenvalue weighted by Crippen LogP contribution is 2.14. The minimum absolute atomic E-state index is 0.0310. The highest BCUT2D eigenvalue weighted by atomic mass is 32.2. The Morgan fingerprint density at radius 3 is 2.50 bits per heavy atom. The van der Waals surface area contributed by atoms with Crippen LogP contribution in [-0.2, 0) is 14.8 Å². The summed E-state index contributed by atoms with van der Waals surface area (Å²) in [5.74, 6) is 0.0310. The molecule has 0 atom stereocenters. The van der Waals surface area contributed by atoms with Crippen molar-refractivity contribution >= 4 is 21.8 Å². The molecule has 1 aromatic carbocycles. The molecule has 0 bridgehead atoms. The first-order chi connectivity index (χ1) is 10.4. The van der Waals surface area contributed by atoms with Crippen LogP contribution in [0.4, 0.5) is 10.5 Å². The van der Waals surface area contributed by atoms with Crippen LogP contribution in [0.3, 0.4) is 0 Å². The van der Waals surface area contributed by atoms with Gasteiger partial charge >= 0.3 is 6.09 Å². The maximum absolute atomic E-state index is 12.0. The number of anilines is 1. The third kappa shape index (κ3) is 5.53. The zero-order chi connectivity index (χ0) is 16.0. The number of benzene rings is 1. The fraction of sp³-hybridized carbons (Fsp3) is 0.500. The Bertz CT molecular complexity index is 583. The standard InChI is InChI=1S/C14H21N3O4S/c15-14(18)21-13-6-8-17(9-7-13)10-11-22(19,20)16-12-4-2-1-3-5-12/h1-5,13,16H,6-11H2,(H2,15,18). The van der Waals surface area contributed by atoms with Crippen LogP contribution >= 0.6 is 0 Å². The van der Waals surface area contributed by atoms with E-state index in [4.69, 9.17) is 10.5 Å². The zero-order valence-corrected chi connectivity index (χ0v) is 13.1. The predicted molar refractivity (Wildman–Crippen MR) is 84.0 cm³/mol. The third-order valence-electron chi connectivity index (χ3n) is 3.54. The highest BCUT2D eigenvalue weighted by Gasteiger charge is 2.22. The average molecular weight is 327 g/mol. The van der Waals surface area contributed by atoms with Crippen LogP contribution in [0.15, 0.2) is 30.3 Å². The van der Waals surface area contributed by atoms with E-state index in [1.807, 2.05) is 11.0 Å². The molecule has 1 aromatic rings. The van der Waals surface area contributed by atoms with Gasteiger partial charge in [0.25, 0.3) is 0 Å². The number of primary amides is 1. The summed E-state index contributed by atoms with van der Waals surface area (Å²) in [5.41, 5.74) is 5.55. The number of carbonyl (C=O) groups is 1. The maximum atomic E-state index is 12.0. The molecular weight excluding hydrogens is 306 g/mol. The van der Waals surface area contributed by atoms with Crippen molar-refractivity contribution in [1.29, 1.82) is 0 Å². The fourth-order valence-electron chi connectivity index (χ4n) is 2.40. The van der Waals surface area contributed by atoms with Gasteiger partial charge in [-0.1, -0.05) is 18.2 Å². The molecule has 1 fully saturated rings. The van der Waals surface area contributed by atoms with E-state index >= 15 is 0 Å². The van der Waals surface area contributed by atoms with Crippen molar-refractivity contribution in [2.75, 3.05) is 30.1 Å². The number of nitrogens with one attached hydrogen (secondary N) is 1. The molecule has 1 saturated heterocycles. The molecule has 1 amide bonds. The van der Waals surface area contributed by atoms with Crippen LogP contribution in [0, 0.1) is 0 Å². The number of amides is 1. The Labute approximate surface area is 130 Å². The van der Waals surface area contributed by atoms with E-state index in [1.54, 1.807) is 24.3 Å². The highest BCUT2D eigenvalue weighted by molar-refractivity contribution is 7.92. The second-order valence-corrected chi connectivity index (χ2v) is 7.11. The number of rotatable bonds is 6. The normalized spacial score (nSPS) is 17.1. The van der Waals surface area contributed by atoms with Crippen molar-refractivity contribution in [3.05, 3.63) is 30.3 Å².